The van der Waals surface area contributed by atoms with E-state index in [1.165, 1.54) is 24.3 Å². The molecule has 1 aliphatic heterocycles. The molecule has 0 unspecified atom stereocenters. The molecule has 0 saturated carbocycles. The standard InChI is InChI=1S/C20H21N3O5S/c1-20(12-11-14-7-4-3-5-8-14)18(25)23(19(26)21-20)22-17(24)15-9-6-10-16(13-15)29(2,27)28/h3-10,13H,11-12H2,1-2H3,(H,21,26)(H,22,24)/t20-/m1/s1. The lowest BCUT2D eigenvalue weighted by Crippen LogP contribution is -2.49. The van der Waals surface area contributed by atoms with Crippen LogP contribution >= 0.6 is 0 Å². The number of hydrogen-bond donors (Lipinski definition) is 2. The first-order chi connectivity index (χ1) is 13.6. The van der Waals surface area contributed by atoms with Gasteiger partial charge in [-0.2, -0.15) is 5.01 Å². The van der Waals surface area contributed by atoms with E-state index in [-0.39, 0.29) is 10.5 Å². The van der Waals surface area contributed by atoms with Gasteiger partial charge in [0.1, 0.15) is 5.54 Å². The third-order valence-electron chi connectivity index (χ3n) is 4.76. The minimum Gasteiger partial charge on any atom is -0.322 e. The van der Waals surface area contributed by atoms with E-state index in [4.69, 9.17) is 0 Å². The molecule has 1 heterocycles. The highest BCUT2D eigenvalue weighted by Crippen LogP contribution is 2.22. The van der Waals surface area contributed by atoms with Gasteiger partial charge in [-0.1, -0.05) is 36.4 Å². The second-order valence-electron chi connectivity index (χ2n) is 7.13. The van der Waals surface area contributed by atoms with E-state index in [9.17, 15) is 22.8 Å². The number of imide groups is 1. The van der Waals surface area contributed by atoms with E-state index in [0.29, 0.717) is 17.9 Å². The largest absolute Gasteiger partial charge is 0.344 e. The summed E-state index contributed by atoms with van der Waals surface area (Å²) in [5.74, 6) is -1.34. The Morgan fingerprint density at radius 2 is 1.79 bits per heavy atom. The molecule has 0 aliphatic carbocycles. The van der Waals surface area contributed by atoms with E-state index in [2.05, 4.69) is 10.7 Å². The van der Waals surface area contributed by atoms with Gasteiger partial charge in [0.05, 0.1) is 4.90 Å². The lowest BCUT2D eigenvalue weighted by atomic mass is 9.93. The number of nitrogens with one attached hydrogen (secondary N) is 2. The molecule has 152 valence electrons. The van der Waals surface area contributed by atoms with Gasteiger partial charge in [-0.25, -0.2) is 13.2 Å². The SMILES string of the molecule is C[C@]1(CCc2ccccc2)NC(=O)N(NC(=O)c2cccc(S(C)(=O)=O)c2)C1=O. The first-order valence-electron chi connectivity index (χ1n) is 8.92. The molecule has 0 aromatic heterocycles. The topological polar surface area (TPSA) is 113 Å². The molecule has 0 bridgehead atoms. The number of sulfone groups is 1. The van der Waals surface area contributed by atoms with Crippen molar-refractivity contribution in [1.82, 2.24) is 15.8 Å². The summed E-state index contributed by atoms with van der Waals surface area (Å²) < 4.78 is 23.3. The summed E-state index contributed by atoms with van der Waals surface area (Å²) in [7, 11) is -3.50. The Labute approximate surface area is 168 Å². The molecule has 8 nitrogen and oxygen atoms in total. The molecule has 1 saturated heterocycles. The summed E-state index contributed by atoms with van der Waals surface area (Å²) in [4.78, 5) is 37.5. The molecule has 2 N–H and O–H groups in total. The fourth-order valence-electron chi connectivity index (χ4n) is 3.03. The minimum atomic E-state index is -3.50. The van der Waals surface area contributed by atoms with Crippen molar-refractivity contribution < 1.29 is 22.8 Å². The first kappa shape index (κ1) is 20.5. The van der Waals surface area contributed by atoms with E-state index in [1.807, 2.05) is 30.3 Å². The molecule has 9 heteroatoms. The average molecular weight is 415 g/mol. The van der Waals surface area contributed by atoms with Crippen LogP contribution in [0.2, 0.25) is 0 Å². The maximum Gasteiger partial charge on any atom is 0.344 e. The van der Waals surface area contributed by atoms with Gasteiger partial charge in [-0.05, 0) is 43.5 Å². The van der Waals surface area contributed by atoms with Crippen molar-refractivity contribution in [3.8, 4) is 0 Å². The molecular formula is C20H21N3O5S. The average Bonchev–Trinajstić information content (AvgIpc) is 2.90. The van der Waals surface area contributed by atoms with Crippen molar-refractivity contribution in [2.45, 2.75) is 30.2 Å². The van der Waals surface area contributed by atoms with Gasteiger partial charge in [0.15, 0.2) is 9.84 Å². The van der Waals surface area contributed by atoms with Crippen LogP contribution < -0.4 is 10.7 Å². The molecule has 2 aromatic rings. The number of carbonyl (C=O) groups excluding carboxylic acids is 3. The molecule has 2 aromatic carbocycles. The van der Waals surface area contributed by atoms with Crippen molar-refractivity contribution in [1.29, 1.82) is 0 Å². The number of hydrazine groups is 1. The normalized spacial score (nSPS) is 19.2. The van der Waals surface area contributed by atoms with E-state index >= 15 is 0 Å². The maximum absolute atomic E-state index is 12.8. The molecule has 29 heavy (non-hydrogen) atoms. The molecule has 0 spiro atoms. The van der Waals surface area contributed by atoms with Gasteiger partial charge < -0.3 is 5.32 Å². The van der Waals surface area contributed by atoms with Crippen LogP contribution in [0.15, 0.2) is 59.5 Å². The Hall–Kier alpha value is -3.20. The molecule has 3 rings (SSSR count). The quantitative estimate of drug-likeness (QED) is 0.697. The predicted octanol–water partition coefficient (Wildman–Crippen LogP) is 1.68. The predicted molar refractivity (Wildman–Crippen MR) is 106 cm³/mol. The summed E-state index contributed by atoms with van der Waals surface area (Å²) in [6.07, 6.45) is 1.96. The van der Waals surface area contributed by atoms with Gasteiger partial charge in [0, 0.05) is 11.8 Å². The lowest BCUT2D eigenvalue weighted by Gasteiger charge is -2.21. The van der Waals surface area contributed by atoms with Gasteiger partial charge >= 0.3 is 6.03 Å². The fourth-order valence-corrected chi connectivity index (χ4v) is 3.70. The number of aryl methyl sites for hydroxylation is 1. The third-order valence-corrected chi connectivity index (χ3v) is 5.87. The number of urea groups is 1. The molecule has 1 atom stereocenters. The van der Waals surface area contributed by atoms with E-state index in [0.717, 1.165) is 11.8 Å². The van der Waals surface area contributed by atoms with Gasteiger partial charge in [0.25, 0.3) is 11.8 Å². The van der Waals surface area contributed by atoms with Crippen LogP contribution in [0.5, 0.6) is 0 Å². The number of nitrogens with zero attached hydrogens (tertiary/aromatic N) is 1. The Morgan fingerprint density at radius 1 is 1.10 bits per heavy atom. The van der Waals surface area contributed by atoms with Gasteiger partial charge in [-0.3, -0.25) is 15.0 Å². The zero-order chi connectivity index (χ0) is 21.2. The van der Waals surface area contributed by atoms with E-state index < -0.39 is 33.2 Å². The maximum atomic E-state index is 12.8. The number of amides is 4. The summed E-state index contributed by atoms with van der Waals surface area (Å²) in [5, 5.41) is 3.26. The molecule has 1 fully saturated rings. The second-order valence-corrected chi connectivity index (χ2v) is 9.15. The van der Waals surface area contributed by atoms with Crippen LogP contribution in [0.3, 0.4) is 0 Å². The van der Waals surface area contributed by atoms with Crippen LogP contribution in [-0.4, -0.2) is 43.1 Å². The second kappa shape index (κ2) is 7.67. The van der Waals surface area contributed by atoms with Gasteiger partial charge in [-0.15, -0.1) is 0 Å². The molecule has 1 aliphatic rings. The Bertz CT molecular complexity index is 1070. The summed E-state index contributed by atoms with van der Waals surface area (Å²) in [5.41, 5.74) is 2.15. The van der Waals surface area contributed by atoms with Crippen molar-refractivity contribution in [3.05, 3.63) is 65.7 Å². The van der Waals surface area contributed by atoms with Crippen molar-refractivity contribution >= 4 is 27.7 Å². The lowest BCUT2D eigenvalue weighted by molar-refractivity contribution is -0.132. The van der Waals surface area contributed by atoms with E-state index in [1.54, 1.807) is 6.92 Å². The highest BCUT2D eigenvalue weighted by molar-refractivity contribution is 7.90. The minimum absolute atomic E-state index is 0.0198. The number of carbonyl (C=O) groups is 3. The fraction of sp³-hybridized carbons (Fsp3) is 0.250. The summed E-state index contributed by atoms with van der Waals surface area (Å²) in [6, 6.07) is 14.2. The first-order valence-corrected chi connectivity index (χ1v) is 10.8. The number of rotatable bonds is 6. The van der Waals surface area contributed by atoms with Crippen molar-refractivity contribution in [3.63, 3.8) is 0 Å². The highest BCUT2D eigenvalue weighted by atomic mass is 32.2. The zero-order valence-electron chi connectivity index (χ0n) is 16.0. The monoisotopic (exact) mass is 415 g/mol. The summed E-state index contributed by atoms with van der Waals surface area (Å²) >= 11 is 0. The Balaban J connectivity index is 1.72. The van der Waals surface area contributed by atoms with Crippen LogP contribution in [-0.2, 0) is 21.1 Å². The third kappa shape index (κ3) is 4.45. The number of hydrogen-bond acceptors (Lipinski definition) is 5. The van der Waals surface area contributed by atoms with Gasteiger partial charge in [0.2, 0.25) is 0 Å². The van der Waals surface area contributed by atoms with Crippen LogP contribution in [0.1, 0.15) is 29.3 Å². The molecular weight excluding hydrogens is 394 g/mol. The van der Waals surface area contributed by atoms with Crippen LogP contribution in [0.25, 0.3) is 0 Å². The zero-order valence-corrected chi connectivity index (χ0v) is 16.8. The van der Waals surface area contributed by atoms with Crippen LogP contribution in [0, 0.1) is 0 Å². The van der Waals surface area contributed by atoms with Crippen molar-refractivity contribution in [2.75, 3.05) is 6.26 Å². The smallest absolute Gasteiger partial charge is 0.322 e. The van der Waals surface area contributed by atoms with Crippen molar-refractivity contribution in [2.24, 2.45) is 0 Å². The highest BCUT2D eigenvalue weighted by Gasteiger charge is 2.48. The Kier molecular flexibility index (Phi) is 5.43. The van der Waals surface area contributed by atoms with Crippen LogP contribution in [0.4, 0.5) is 4.79 Å². The Morgan fingerprint density at radius 3 is 2.45 bits per heavy atom. The molecule has 4 amide bonds. The summed E-state index contributed by atoms with van der Waals surface area (Å²) in [6.45, 7) is 1.60. The number of benzene rings is 2. The molecule has 0 radical (unpaired) electrons.